The summed E-state index contributed by atoms with van der Waals surface area (Å²) in [6.45, 7) is 5.86. The molecule has 1 unspecified atom stereocenters. The Morgan fingerprint density at radius 1 is 1.00 bits per heavy atom. The van der Waals surface area contributed by atoms with Gasteiger partial charge < -0.3 is 15.0 Å². The molecule has 0 heterocycles. The average Bonchev–Trinajstić information content (AvgIpc) is 2.96. The molecular weight excluding hydrogens is 562 g/mol. The molecule has 220 valence electrons. The molecule has 3 aromatic carbocycles. The van der Waals surface area contributed by atoms with Crippen LogP contribution < -0.4 is 14.4 Å². The van der Waals surface area contributed by atoms with Gasteiger partial charge in [0.05, 0.1) is 17.7 Å². The second-order valence-electron chi connectivity index (χ2n) is 9.72. The fourth-order valence-corrected chi connectivity index (χ4v) is 6.13. The summed E-state index contributed by atoms with van der Waals surface area (Å²) in [5, 5.41) is 3.21. The van der Waals surface area contributed by atoms with Crippen LogP contribution in [0.4, 0.5) is 5.69 Å². The maximum absolute atomic E-state index is 14.2. The van der Waals surface area contributed by atoms with Crippen LogP contribution in [0.25, 0.3) is 0 Å². The molecular formula is C31H38ClN3O5S. The number of rotatable bonds is 14. The minimum absolute atomic E-state index is 0.00409. The van der Waals surface area contributed by atoms with Crippen molar-refractivity contribution < 1.29 is 22.7 Å². The van der Waals surface area contributed by atoms with E-state index in [1.165, 1.54) is 30.2 Å². The average molecular weight is 600 g/mol. The van der Waals surface area contributed by atoms with Crippen molar-refractivity contribution in [3.8, 4) is 5.75 Å². The van der Waals surface area contributed by atoms with Crippen molar-refractivity contribution in [1.29, 1.82) is 0 Å². The molecule has 0 fully saturated rings. The molecule has 8 nitrogen and oxygen atoms in total. The van der Waals surface area contributed by atoms with Crippen molar-refractivity contribution in [3.05, 3.63) is 88.9 Å². The van der Waals surface area contributed by atoms with Gasteiger partial charge in [-0.1, -0.05) is 79.9 Å². The molecule has 41 heavy (non-hydrogen) atoms. The highest BCUT2D eigenvalue weighted by atomic mass is 35.5. The van der Waals surface area contributed by atoms with Gasteiger partial charge in [0, 0.05) is 18.1 Å². The topological polar surface area (TPSA) is 96.0 Å². The van der Waals surface area contributed by atoms with Crippen LogP contribution in [0.2, 0.25) is 5.02 Å². The summed E-state index contributed by atoms with van der Waals surface area (Å²) in [4.78, 5) is 28.9. The van der Waals surface area contributed by atoms with E-state index in [-0.39, 0.29) is 33.8 Å². The van der Waals surface area contributed by atoms with E-state index in [0.717, 1.165) is 28.3 Å². The molecule has 1 atom stereocenters. The van der Waals surface area contributed by atoms with Crippen LogP contribution in [0.3, 0.4) is 0 Å². The van der Waals surface area contributed by atoms with E-state index in [9.17, 15) is 18.0 Å². The van der Waals surface area contributed by atoms with Gasteiger partial charge in [-0.25, -0.2) is 8.42 Å². The number of carbonyl (C=O) groups is 2. The fourth-order valence-electron chi connectivity index (χ4n) is 4.52. The van der Waals surface area contributed by atoms with Crippen LogP contribution in [0.15, 0.2) is 77.7 Å². The van der Waals surface area contributed by atoms with Crippen LogP contribution >= 0.6 is 11.6 Å². The molecule has 0 aliphatic carbocycles. The molecule has 10 heteroatoms. The van der Waals surface area contributed by atoms with E-state index in [1.54, 1.807) is 30.3 Å². The molecule has 3 rings (SSSR count). The molecule has 0 aromatic heterocycles. The van der Waals surface area contributed by atoms with E-state index in [1.807, 2.05) is 45.0 Å². The number of anilines is 1. The van der Waals surface area contributed by atoms with Crippen LogP contribution in [0.5, 0.6) is 5.75 Å². The molecule has 0 aliphatic heterocycles. The largest absolute Gasteiger partial charge is 0.495 e. The van der Waals surface area contributed by atoms with Gasteiger partial charge in [-0.3, -0.25) is 13.9 Å². The van der Waals surface area contributed by atoms with Gasteiger partial charge in [0.2, 0.25) is 11.8 Å². The summed E-state index contributed by atoms with van der Waals surface area (Å²) in [7, 11) is -2.82. The van der Waals surface area contributed by atoms with Gasteiger partial charge in [0.15, 0.2) is 0 Å². The number of benzene rings is 3. The molecule has 1 N–H and O–H groups in total. The highest BCUT2D eigenvalue weighted by molar-refractivity contribution is 7.92. The maximum atomic E-state index is 14.2. The summed E-state index contributed by atoms with van der Waals surface area (Å²) in [5.41, 5.74) is 1.96. The normalized spacial score (nSPS) is 11.9. The van der Waals surface area contributed by atoms with E-state index in [4.69, 9.17) is 16.3 Å². The van der Waals surface area contributed by atoms with Gasteiger partial charge in [-0.05, 0) is 55.7 Å². The Morgan fingerprint density at radius 2 is 1.73 bits per heavy atom. The van der Waals surface area contributed by atoms with Crippen LogP contribution in [-0.2, 0) is 26.2 Å². The fraction of sp³-hybridized carbons (Fsp3) is 0.355. The van der Waals surface area contributed by atoms with Gasteiger partial charge in [-0.15, -0.1) is 0 Å². The minimum atomic E-state index is -4.24. The van der Waals surface area contributed by atoms with E-state index >= 15 is 0 Å². The molecule has 2 amide bonds. The van der Waals surface area contributed by atoms with Crippen LogP contribution in [-0.4, -0.2) is 51.4 Å². The lowest BCUT2D eigenvalue weighted by Crippen LogP contribution is -2.52. The Kier molecular flexibility index (Phi) is 11.6. The van der Waals surface area contributed by atoms with Crippen molar-refractivity contribution in [1.82, 2.24) is 10.2 Å². The third-order valence-corrected chi connectivity index (χ3v) is 8.68. The number of carbonyl (C=O) groups excluding carboxylic acids is 2. The smallest absolute Gasteiger partial charge is 0.264 e. The quantitative estimate of drug-likeness (QED) is 0.244. The summed E-state index contributed by atoms with van der Waals surface area (Å²) in [6.07, 6.45) is 2.07. The standard InChI is InChI=1S/C31H38ClN3O5S/c1-5-7-18-33-31(37)27(6-2)34(21-24-13-11-12-23(3)19-24)30(36)22-35(28-20-25(32)16-17-29(28)40-4)41(38,39)26-14-9-8-10-15-26/h8-17,19-20,27H,5-7,18,21-22H2,1-4H3,(H,33,37). The zero-order valence-electron chi connectivity index (χ0n) is 24.0. The van der Waals surface area contributed by atoms with Crippen molar-refractivity contribution in [3.63, 3.8) is 0 Å². The molecule has 0 saturated heterocycles. The Hall–Kier alpha value is -3.56. The number of aryl methyl sites for hydroxylation is 1. The number of nitrogens with one attached hydrogen (secondary N) is 1. The van der Waals surface area contributed by atoms with Crippen LogP contribution in [0.1, 0.15) is 44.2 Å². The number of halogens is 1. The predicted octanol–water partition coefficient (Wildman–Crippen LogP) is 5.58. The highest BCUT2D eigenvalue weighted by Crippen LogP contribution is 2.35. The van der Waals surface area contributed by atoms with Crippen molar-refractivity contribution >= 4 is 39.1 Å². The summed E-state index contributed by atoms with van der Waals surface area (Å²) in [6, 6.07) is 19.3. The maximum Gasteiger partial charge on any atom is 0.264 e. The number of unbranched alkanes of at least 4 members (excludes halogenated alkanes) is 1. The van der Waals surface area contributed by atoms with E-state index in [0.29, 0.717) is 13.0 Å². The number of methoxy groups -OCH3 is 1. The number of hydrogen-bond acceptors (Lipinski definition) is 5. The van der Waals surface area contributed by atoms with Crippen molar-refractivity contribution in [2.75, 3.05) is 24.5 Å². The SMILES string of the molecule is CCCCNC(=O)C(CC)N(Cc1cccc(C)c1)C(=O)CN(c1cc(Cl)ccc1OC)S(=O)(=O)c1ccccc1. The Labute approximate surface area is 248 Å². The lowest BCUT2D eigenvalue weighted by molar-refractivity contribution is -0.140. The van der Waals surface area contributed by atoms with Gasteiger partial charge in [0.25, 0.3) is 10.0 Å². The first-order valence-corrected chi connectivity index (χ1v) is 15.5. The second kappa shape index (κ2) is 14.9. The first kappa shape index (κ1) is 32.0. The number of hydrogen-bond donors (Lipinski definition) is 1. The second-order valence-corrected chi connectivity index (χ2v) is 12.0. The number of nitrogens with zero attached hydrogens (tertiary/aromatic N) is 2. The number of sulfonamides is 1. The zero-order valence-corrected chi connectivity index (χ0v) is 25.5. The Morgan fingerprint density at radius 3 is 2.37 bits per heavy atom. The third-order valence-electron chi connectivity index (χ3n) is 6.67. The number of amides is 2. The highest BCUT2D eigenvalue weighted by Gasteiger charge is 2.34. The summed E-state index contributed by atoms with van der Waals surface area (Å²) < 4.78 is 34.5. The summed E-state index contributed by atoms with van der Waals surface area (Å²) in [5.74, 6) is -0.582. The Balaban J connectivity index is 2.09. The molecule has 0 spiro atoms. The first-order valence-electron chi connectivity index (χ1n) is 13.7. The lowest BCUT2D eigenvalue weighted by atomic mass is 10.1. The predicted molar refractivity (Wildman–Crippen MR) is 163 cm³/mol. The van der Waals surface area contributed by atoms with Gasteiger partial charge in [-0.2, -0.15) is 0 Å². The molecule has 0 aliphatic rings. The number of ether oxygens (including phenoxy) is 1. The van der Waals surface area contributed by atoms with Crippen molar-refractivity contribution in [2.45, 2.75) is 57.5 Å². The minimum Gasteiger partial charge on any atom is -0.495 e. The zero-order chi connectivity index (χ0) is 30.0. The molecule has 0 radical (unpaired) electrons. The lowest BCUT2D eigenvalue weighted by Gasteiger charge is -2.33. The van der Waals surface area contributed by atoms with Gasteiger partial charge >= 0.3 is 0 Å². The summed E-state index contributed by atoms with van der Waals surface area (Å²) >= 11 is 6.28. The molecule has 0 saturated carbocycles. The van der Waals surface area contributed by atoms with E-state index in [2.05, 4.69) is 5.32 Å². The monoisotopic (exact) mass is 599 g/mol. The first-order chi connectivity index (χ1) is 19.6. The van der Waals surface area contributed by atoms with Crippen LogP contribution in [0, 0.1) is 6.92 Å². The molecule has 0 bridgehead atoms. The van der Waals surface area contributed by atoms with Gasteiger partial charge in [0.1, 0.15) is 18.3 Å². The molecule has 3 aromatic rings. The van der Waals surface area contributed by atoms with E-state index < -0.39 is 28.5 Å². The Bertz CT molecular complexity index is 1430. The third kappa shape index (κ3) is 8.24. The van der Waals surface area contributed by atoms with Crippen molar-refractivity contribution in [2.24, 2.45) is 0 Å².